The molecule has 0 N–H and O–H groups in total. The first-order valence-electron chi connectivity index (χ1n) is 3.61. The molecule has 76 valence electrons. The van der Waals surface area contributed by atoms with Crippen LogP contribution in [-0.2, 0) is 0 Å². The van der Waals surface area contributed by atoms with Gasteiger partial charge in [-0.25, -0.2) is 0 Å². The predicted molar refractivity (Wildman–Crippen MR) is 49.5 cm³/mol. The van der Waals surface area contributed by atoms with Crippen molar-refractivity contribution in [1.29, 1.82) is 0 Å². The Hall–Kier alpha value is -0.840. The van der Waals surface area contributed by atoms with E-state index < -0.39 is 16.5 Å². The summed E-state index contributed by atoms with van der Waals surface area (Å²) in [5, 5.41) is 0. The van der Waals surface area contributed by atoms with Crippen LogP contribution in [0.5, 0.6) is 0 Å². The van der Waals surface area contributed by atoms with E-state index in [-0.39, 0.29) is 5.56 Å². The fourth-order valence-electron chi connectivity index (χ4n) is 0.985. The van der Waals surface area contributed by atoms with Crippen LogP contribution in [0.15, 0.2) is 35.1 Å². The molecule has 0 unspecified atom stereocenters. The minimum absolute atomic E-state index is 0.200. The van der Waals surface area contributed by atoms with Crippen LogP contribution < -0.4 is 0 Å². The number of hydrogen-bond acceptors (Lipinski definition) is 0. The van der Waals surface area contributed by atoms with Crippen LogP contribution in [0.2, 0.25) is 0 Å². The van der Waals surface area contributed by atoms with Gasteiger partial charge in [-0.1, -0.05) is 30.3 Å². The smallest absolute Gasteiger partial charge is 0.198 e. The zero-order chi connectivity index (χ0) is 10.8. The predicted octanol–water partition coefficient (Wildman–Crippen LogP) is 4.28. The molecule has 0 aliphatic heterocycles. The Labute approximate surface area is 86.4 Å². The van der Waals surface area contributed by atoms with Gasteiger partial charge in [-0.05, 0) is 21.5 Å². The zero-order valence-electron chi connectivity index (χ0n) is 6.78. The van der Waals surface area contributed by atoms with Crippen molar-refractivity contribution in [3.05, 3.63) is 40.6 Å². The third-order valence-corrected chi connectivity index (χ3v) is 1.93. The van der Waals surface area contributed by atoms with Crippen LogP contribution in [0.4, 0.5) is 17.6 Å². The van der Waals surface area contributed by atoms with Crippen LogP contribution >= 0.6 is 15.9 Å². The van der Waals surface area contributed by atoms with Crippen LogP contribution in [0.3, 0.4) is 0 Å². The van der Waals surface area contributed by atoms with Crippen molar-refractivity contribution in [3.63, 3.8) is 0 Å². The highest BCUT2D eigenvalue weighted by molar-refractivity contribution is 9.11. The molecule has 1 aromatic carbocycles. The lowest BCUT2D eigenvalue weighted by Crippen LogP contribution is -2.11. The normalized spacial score (nSPS) is 13.8. The maximum absolute atomic E-state index is 12.6. The highest BCUT2D eigenvalue weighted by Crippen LogP contribution is 2.38. The third-order valence-electron chi connectivity index (χ3n) is 1.53. The maximum Gasteiger partial charge on any atom is 0.420 e. The molecule has 0 heterocycles. The number of halogens is 5. The summed E-state index contributed by atoms with van der Waals surface area (Å²) < 4.78 is 48.2. The lowest BCUT2D eigenvalue weighted by molar-refractivity contribution is -0.0696. The molecule has 5 heteroatoms. The average molecular weight is 269 g/mol. The van der Waals surface area contributed by atoms with Crippen molar-refractivity contribution < 1.29 is 17.6 Å². The average Bonchev–Trinajstić information content (AvgIpc) is 2.02. The maximum atomic E-state index is 12.6. The Morgan fingerprint density at radius 1 is 1.07 bits per heavy atom. The zero-order valence-corrected chi connectivity index (χ0v) is 8.36. The largest absolute Gasteiger partial charge is 0.420 e. The molecule has 0 aromatic heterocycles. The van der Waals surface area contributed by atoms with Gasteiger partial charge in [0.05, 0.1) is 0 Å². The SMILES string of the molecule is F/C(Br)=C(\c1ccccc1)C(F)(F)F. The topological polar surface area (TPSA) is 0 Å². The monoisotopic (exact) mass is 268 g/mol. The molecular formula is C9H5BrF4. The summed E-state index contributed by atoms with van der Waals surface area (Å²) in [4.78, 5) is 0. The Morgan fingerprint density at radius 3 is 1.93 bits per heavy atom. The number of rotatable bonds is 1. The van der Waals surface area contributed by atoms with Crippen molar-refractivity contribution in [1.82, 2.24) is 0 Å². The van der Waals surface area contributed by atoms with E-state index in [1.54, 1.807) is 6.07 Å². The molecule has 0 fully saturated rings. The summed E-state index contributed by atoms with van der Waals surface area (Å²) in [5.74, 6) is 0. The van der Waals surface area contributed by atoms with Crippen molar-refractivity contribution >= 4 is 21.5 Å². The van der Waals surface area contributed by atoms with Crippen LogP contribution in [-0.4, -0.2) is 6.18 Å². The van der Waals surface area contributed by atoms with Gasteiger partial charge < -0.3 is 0 Å². The Morgan fingerprint density at radius 2 is 1.57 bits per heavy atom. The Kier molecular flexibility index (Phi) is 3.31. The number of alkyl halides is 3. The van der Waals surface area contributed by atoms with E-state index in [1.165, 1.54) is 24.3 Å². The van der Waals surface area contributed by atoms with E-state index in [0.717, 1.165) is 0 Å². The molecule has 14 heavy (non-hydrogen) atoms. The van der Waals surface area contributed by atoms with E-state index in [9.17, 15) is 17.6 Å². The molecule has 1 aromatic rings. The molecule has 1 rings (SSSR count). The van der Waals surface area contributed by atoms with Gasteiger partial charge in [-0.3, -0.25) is 0 Å². The molecule has 0 atom stereocenters. The second-order valence-electron chi connectivity index (χ2n) is 2.50. The number of benzene rings is 1. The lowest BCUT2D eigenvalue weighted by Gasteiger charge is -2.10. The lowest BCUT2D eigenvalue weighted by atomic mass is 10.1. The highest BCUT2D eigenvalue weighted by atomic mass is 79.9. The van der Waals surface area contributed by atoms with Gasteiger partial charge >= 0.3 is 6.18 Å². The molecule has 0 amide bonds. The van der Waals surface area contributed by atoms with Crippen molar-refractivity contribution in [2.75, 3.05) is 0 Å². The van der Waals surface area contributed by atoms with Crippen LogP contribution in [0.25, 0.3) is 5.57 Å². The van der Waals surface area contributed by atoms with E-state index in [1.807, 2.05) is 0 Å². The first-order chi connectivity index (χ1) is 6.43. The fraction of sp³-hybridized carbons (Fsp3) is 0.111. The Bertz CT molecular complexity index is 336. The van der Waals surface area contributed by atoms with Crippen LogP contribution in [0.1, 0.15) is 5.56 Å². The summed E-state index contributed by atoms with van der Waals surface area (Å²) >= 11 is 2.21. The van der Waals surface area contributed by atoms with Gasteiger partial charge in [0.1, 0.15) is 5.57 Å². The van der Waals surface area contributed by atoms with E-state index in [0.29, 0.717) is 0 Å². The first-order valence-corrected chi connectivity index (χ1v) is 4.40. The number of hydrogen-bond donors (Lipinski definition) is 0. The summed E-state index contributed by atoms with van der Waals surface area (Å²) in [7, 11) is 0. The molecular weight excluding hydrogens is 264 g/mol. The minimum atomic E-state index is -4.70. The van der Waals surface area contributed by atoms with Gasteiger partial charge in [0, 0.05) is 0 Å². The molecule has 0 saturated heterocycles. The van der Waals surface area contributed by atoms with Gasteiger partial charge in [0.15, 0.2) is 4.74 Å². The summed E-state index contributed by atoms with van der Waals surface area (Å²) in [6.07, 6.45) is -4.70. The molecule has 0 radical (unpaired) electrons. The summed E-state index contributed by atoms with van der Waals surface area (Å²) in [6.45, 7) is 0. The molecule has 0 aliphatic carbocycles. The second-order valence-corrected chi connectivity index (χ2v) is 3.20. The van der Waals surface area contributed by atoms with Gasteiger partial charge in [0.25, 0.3) is 0 Å². The number of allylic oxidation sites excluding steroid dienone is 1. The fourth-order valence-corrected chi connectivity index (χ4v) is 1.44. The van der Waals surface area contributed by atoms with Crippen LogP contribution in [0, 0.1) is 0 Å². The molecule has 0 nitrogen and oxygen atoms in total. The van der Waals surface area contributed by atoms with Gasteiger partial charge in [-0.15, -0.1) is 0 Å². The third kappa shape index (κ3) is 2.57. The second kappa shape index (κ2) is 4.13. The Balaban J connectivity index is 3.24. The van der Waals surface area contributed by atoms with E-state index >= 15 is 0 Å². The highest BCUT2D eigenvalue weighted by Gasteiger charge is 2.37. The molecule has 0 bridgehead atoms. The van der Waals surface area contributed by atoms with Crippen molar-refractivity contribution in [3.8, 4) is 0 Å². The summed E-state index contributed by atoms with van der Waals surface area (Å²) in [6, 6.07) is 6.78. The molecule has 0 saturated carbocycles. The quantitative estimate of drug-likeness (QED) is 0.667. The molecule has 0 spiro atoms. The van der Waals surface area contributed by atoms with Crippen molar-refractivity contribution in [2.24, 2.45) is 0 Å². The first kappa shape index (κ1) is 11.2. The van der Waals surface area contributed by atoms with Gasteiger partial charge in [0.2, 0.25) is 0 Å². The van der Waals surface area contributed by atoms with Gasteiger partial charge in [-0.2, -0.15) is 17.6 Å². The summed E-state index contributed by atoms with van der Waals surface area (Å²) in [5.41, 5.74) is -1.49. The molecule has 0 aliphatic rings. The minimum Gasteiger partial charge on any atom is -0.198 e. The van der Waals surface area contributed by atoms with E-state index in [2.05, 4.69) is 15.9 Å². The van der Waals surface area contributed by atoms with Crippen molar-refractivity contribution in [2.45, 2.75) is 6.18 Å². The standard InChI is InChI=1S/C9H5BrF4/c10-8(11)7(9(12,13)14)6-4-2-1-3-5-6/h1-5H/b8-7+. The van der Waals surface area contributed by atoms with E-state index in [4.69, 9.17) is 0 Å².